The molecule has 0 fully saturated rings. The van der Waals surface area contributed by atoms with Crippen molar-refractivity contribution < 1.29 is 0 Å². The molecule has 96 valence electrons. The molecule has 0 N–H and O–H groups in total. The number of terminal acetylenes is 1. The fraction of sp³-hybridized carbons (Fsp3) is 0.0588. The van der Waals surface area contributed by atoms with Crippen molar-refractivity contribution in [1.82, 2.24) is 9.55 Å². The molecule has 0 bridgehead atoms. The standard InChI is InChI=1S/C17H12N2O/c1-2-12-19-15-11-7-6-10-14(15)18-16(17(19)20)13-8-4-3-5-9-13/h1,3-11H,12H2. The lowest BCUT2D eigenvalue weighted by Gasteiger charge is -2.09. The predicted octanol–water partition coefficient (Wildman–Crippen LogP) is 2.70. The average molecular weight is 260 g/mol. The lowest BCUT2D eigenvalue weighted by Crippen LogP contribution is -2.23. The molecule has 0 saturated carbocycles. The summed E-state index contributed by atoms with van der Waals surface area (Å²) in [4.78, 5) is 17.1. The monoisotopic (exact) mass is 260 g/mol. The second-order valence-corrected chi connectivity index (χ2v) is 4.41. The van der Waals surface area contributed by atoms with Gasteiger partial charge in [0.2, 0.25) is 0 Å². The minimum atomic E-state index is -0.159. The molecule has 0 unspecified atom stereocenters. The third-order valence-corrected chi connectivity index (χ3v) is 3.15. The topological polar surface area (TPSA) is 34.9 Å². The van der Waals surface area contributed by atoms with E-state index in [2.05, 4.69) is 10.9 Å². The van der Waals surface area contributed by atoms with Crippen LogP contribution in [0.1, 0.15) is 0 Å². The molecule has 3 aromatic rings. The molecule has 0 aliphatic rings. The highest BCUT2D eigenvalue weighted by Crippen LogP contribution is 2.17. The Morgan fingerprint density at radius 3 is 2.50 bits per heavy atom. The third kappa shape index (κ3) is 1.98. The van der Waals surface area contributed by atoms with Gasteiger partial charge in [-0.2, -0.15) is 0 Å². The van der Waals surface area contributed by atoms with E-state index >= 15 is 0 Å². The van der Waals surface area contributed by atoms with Gasteiger partial charge in [-0.25, -0.2) is 4.98 Å². The van der Waals surface area contributed by atoms with Gasteiger partial charge in [-0.15, -0.1) is 6.42 Å². The first-order valence-electron chi connectivity index (χ1n) is 6.30. The molecule has 20 heavy (non-hydrogen) atoms. The molecular formula is C17H12N2O. The van der Waals surface area contributed by atoms with Crippen LogP contribution in [-0.2, 0) is 6.54 Å². The Bertz CT molecular complexity index is 858. The van der Waals surface area contributed by atoms with Crippen molar-refractivity contribution in [3.63, 3.8) is 0 Å². The highest BCUT2D eigenvalue weighted by Gasteiger charge is 2.11. The minimum absolute atomic E-state index is 0.159. The number of nitrogens with zero attached hydrogens (tertiary/aromatic N) is 2. The second kappa shape index (κ2) is 5.02. The molecule has 0 saturated heterocycles. The molecular weight excluding hydrogens is 248 g/mol. The fourth-order valence-corrected chi connectivity index (χ4v) is 2.22. The SMILES string of the molecule is C#CCn1c(=O)c(-c2ccccc2)nc2ccccc21. The van der Waals surface area contributed by atoms with E-state index in [0.29, 0.717) is 5.69 Å². The van der Waals surface area contributed by atoms with Gasteiger partial charge in [0.05, 0.1) is 17.6 Å². The van der Waals surface area contributed by atoms with E-state index in [0.717, 1.165) is 16.6 Å². The summed E-state index contributed by atoms with van der Waals surface area (Å²) in [5, 5.41) is 0. The van der Waals surface area contributed by atoms with Crippen LogP contribution in [-0.4, -0.2) is 9.55 Å². The highest BCUT2D eigenvalue weighted by molar-refractivity contribution is 5.77. The number of hydrogen-bond acceptors (Lipinski definition) is 2. The van der Waals surface area contributed by atoms with E-state index in [1.807, 2.05) is 54.6 Å². The summed E-state index contributed by atoms with van der Waals surface area (Å²) in [5.41, 5.74) is 2.60. The van der Waals surface area contributed by atoms with Gasteiger partial charge in [0.15, 0.2) is 0 Å². The first kappa shape index (κ1) is 12.2. The van der Waals surface area contributed by atoms with E-state index in [4.69, 9.17) is 6.42 Å². The van der Waals surface area contributed by atoms with Crippen molar-refractivity contribution in [1.29, 1.82) is 0 Å². The summed E-state index contributed by atoms with van der Waals surface area (Å²) in [7, 11) is 0. The van der Waals surface area contributed by atoms with Gasteiger partial charge in [0.1, 0.15) is 5.69 Å². The summed E-state index contributed by atoms with van der Waals surface area (Å²) in [6.07, 6.45) is 5.38. The predicted molar refractivity (Wildman–Crippen MR) is 80.3 cm³/mol. The van der Waals surface area contributed by atoms with Crippen molar-refractivity contribution in [2.75, 3.05) is 0 Å². The van der Waals surface area contributed by atoms with Crippen LogP contribution in [0.2, 0.25) is 0 Å². The van der Waals surface area contributed by atoms with Crippen LogP contribution in [0.15, 0.2) is 59.4 Å². The first-order chi connectivity index (χ1) is 9.81. The van der Waals surface area contributed by atoms with Gasteiger partial charge in [-0.3, -0.25) is 9.36 Å². The Hall–Kier alpha value is -2.86. The summed E-state index contributed by atoms with van der Waals surface area (Å²) >= 11 is 0. The van der Waals surface area contributed by atoms with Crippen molar-refractivity contribution in [3.05, 3.63) is 65.0 Å². The van der Waals surface area contributed by atoms with Crippen molar-refractivity contribution in [3.8, 4) is 23.6 Å². The first-order valence-corrected chi connectivity index (χ1v) is 6.30. The summed E-state index contributed by atoms with van der Waals surface area (Å²) in [5.74, 6) is 2.53. The van der Waals surface area contributed by atoms with E-state index in [-0.39, 0.29) is 12.1 Å². The number of rotatable bonds is 2. The van der Waals surface area contributed by atoms with Gasteiger partial charge in [-0.05, 0) is 12.1 Å². The number of para-hydroxylation sites is 2. The quantitative estimate of drug-likeness (QED) is 0.664. The van der Waals surface area contributed by atoms with Crippen LogP contribution < -0.4 is 5.56 Å². The van der Waals surface area contributed by atoms with Crippen molar-refractivity contribution in [2.45, 2.75) is 6.54 Å². The maximum Gasteiger partial charge on any atom is 0.278 e. The largest absolute Gasteiger partial charge is 0.293 e. The smallest absolute Gasteiger partial charge is 0.278 e. The Labute approximate surface area is 116 Å². The van der Waals surface area contributed by atoms with Crippen LogP contribution in [0.5, 0.6) is 0 Å². The lowest BCUT2D eigenvalue weighted by molar-refractivity contribution is 0.829. The van der Waals surface area contributed by atoms with Gasteiger partial charge >= 0.3 is 0 Å². The van der Waals surface area contributed by atoms with E-state index in [1.165, 1.54) is 0 Å². The molecule has 0 aliphatic carbocycles. The molecule has 1 aromatic heterocycles. The second-order valence-electron chi connectivity index (χ2n) is 4.41. The van der Waals surface area contributed by atoms with Crippen LogP contribution >= 0.6 is 0 Å². The Kier molecular flexibility index (Phi) is 3.06. The van der Waals surface area contributed by atoms with Gasteiger partial charge in [0, 0.05) is 5.56 Å². The lowest BCUT2D eigenvalue weighted by atomic mass is 10.1. The summed E-state index contributed by atoms with van der Waals surface area (Å²) < 4.78 is 1.59. The molecule has 3 rings (SSSR count). The minimum Gasteiger partial charge on any atom is -0.293 e. The Morgan fingerprint density at radius 1 is 1.05 bits per heavy atom. The highest BCUT2D eigenvalue weighted by atomic mass is 16.1. The van der Waals surface area contributed by atoms with Crippen LogP contribution in [0.3, 0.4) is 0 Å². The van der Waals surface area contributed by atoms with Gasteiger partial charge in [-0.1, -0.05) is 48.4 Å². The number of benzene rings is 2. The number of fused-ring (bicyclic) bond motifs is 1. The molecule has 3 heteroatoms. The van der Waals surface area contributed by atoms with Crippen LogP contribution in [0.25, 0.3) is 22.3 Å². The average Bonchev–Trinajstić information content (AvgIpc) is 2.51. The van der Waals surface area contributed by atoms with Gasteiger partial charge < -0.3 is 0 Å². The van der Waals surface area contributed by atoms with Gasteiger partial charge in [0.25, 0.3) is 5.56 Å². The maximum absolute atomic E-state index is 12.6. The van der Waals surface area contributed by atoms with Crippen molar-refractivity contribution >= 4 is 11.0 Å². The zero-order chi connectivity index (χ0) is 13.9. The van der Waals surface area contributed by atoms with Crippen molar-refractivity contribution in [2.24, 2.45) is 0 Å². The molecule has 0 aliphatic heterocycles. The third-order valence-electron chi connectivity index (χ3n) is 3.15. The maximum atomic E-state index is 12.6. The fourth-order valence-electron chi connectivity index (χ4n) is 2.22. The normalized spacial score (nSPS) is 10.3. The van der Waals surface area contributed by atoms with E-state index in [9.17, 15) is 4.79 Å². The van der Waals surface area contributed by atoms with Crippen LogP contribution in [0.4, 0.5) is 0 Å². The summed E-state index contributed by atoms with van der Waals surface area (Å²) in [6, 6.07) is 16.9. The molecule has 2 aromatic carbocycles. The molecule has 1 heterocycles. The Morgan fingerprint density at radius 2 is 1.75 bits per heavy atom. The zero-order valence-electron chi connectivity index (χ0n) is 10.8. The van der Waals surface area contributed by atoms with E-state index < -0.39 is 0 Å². The molecule has 0 amide bonds. The molecule has 0 spiro atoms. The molecule has 0 atom stereocenters. The number of aromatic nitrogens is 2. The molecule has 3 nitrogen and oxygen atoms in total. The van der Waals surface area contributed by atoms with Crippen LogP contribution in [0, 0.1) is 12.3 Å². The Balaban J connectivity index is 2.38. The zero-order valence-corrected chi connectivity index (χ0v) is 10.8. The molecule has 0 radical (unpaired) electrons. The summed E-state index contributed by atoms with van der Waals surface area (Å²) in [6.45, 7) is 0.238. The number of hydrogen-bond donors (Lipinski definition) is 0. The van der Waals surface area contributed by atoms with E-state index in [1.54, 1.807) is 4.57 Å².